The highest BCUT2D eigenvalue weighted by molar-refractivity contribution is 7.91. The highest BCUT2D eigenvalue weighted by Gasteiger charge is 2.23. The van der Waals surface area contributed by atoms with Crippen LogP contribution in [0.1, 0.15) is 34.2 Å². The largest absolute Gasteiger partial charge is 0.465 e. The van der Waals surface area contributed by atoms with Gasteiger partial charge in [0.15, 0.2) is 5.69 Å². The molecular formula is C16H16ClN3O5S. The summed E-state index contributed by atoms with van der Waals surface area (Å²) in [5, 5.41) is 1.89. The number of nitrogens with one attached hydrogen (secondary N) is 1. The number of sulfone groups is 1. The molecule has 138 valence electrons. The van der Waals surface area contributed by atoms with Crippen LogP contribution in [0, 0.1) is 0 Å². The SMILES string of the molecule is CCCS(=O)(=O)c1ncc(Cl)c(C(=O)Nc2ccccc2C(=O)OC)n1. The Morgan fingerprint density at radius 1 is 1.27 bits per heavy atom. The van der Waals surface area contributed by atoms with Gasteiger partial charge in [-0.3, -0.25) is 4.79 Å². The second-order valence-corrected chi connectivity index (χ2v) is 7.57. The fourth-order valence-corrected chi connectivity index (χ4v) is 3.42. The molecule has 0 atom stereocenters. The Hall–Kier alpha value is -2.52. The maximum atomic E-state index is 12.5. The Labute approximate surface area is 155 Å². The quantitative estimate of drug-likeness (QED) is 0.587. The second-order valence-electron chi connectivity index (χ2n) is 5.16. The monoisotopic (exact) mass is 397 g/mol. The van der Waals surface area contributed by atoms with Gasteiger partial charge in [-0.25, -0.2) is 23.2 Å². The molecule has 1 heterocycles. The zero-order valence-electron chi connectivity index (χ0n) is 14.0. The summed E-state index contributed by atoms with van der Waals surface area (Å²) in [5.74, 6) is -1.57. The van der Waals surface area contributed by atoms with Crippen LogP contribution in [0.3, 0.4) is 0 Å². The van der Waals surface area contributed by atoms with Crippen LogP contribution in [0.25, 0.3) is 0 Å². The summed E-state index contributed by atoms with van der Waals surface area (Å²) in [7, 11) is -2.50. The number of nitrogens with zero attached hydrogens (tertiary/aromatic N) is 2. The molecule has 0 saturated carbocycles. The minimum absolute atomic E-state index is 0.117. The van der Waals surface area contributed by atoms with Crippen molar-refractivity contribution in [2.24, 2.45) is 0 Å². The van der Waals surface area contributed by atoms with Crippen molar-refractivity contribution >= 4 is 39.0 Å². The number of aromatic nitrogens is 2. The van der Waals surface area contributed by atoms with Gasteiger partial charge in [0, 0.05) is 0 Å². The van der Waals surface area contributed by atoms with Gasteiger partial charge in [-0.05, 0) is 18.6 Å². The lowest BCUT2D eigenvalue weighted by Gasteiger charge is -2.10. The highest BCUT2D eigenvalue weighted by Crippen LogP contribution is 2.20. The molecule has 0 radical (unpaired) electrons. The maximum absolute atomic E-state index is 12.5. The smallest absolute Gasteiger partial charge is 0.339 e. The van der Waals surface area contributed by atoms with E-state index in [2.05, 4.69) is 20.0 Å². The molecule has 2 rings (SSSR count). The van der Waals surface area contributed by atoms with Crippen molar-refractivity contribution in [3.8, 4) is 0 Å². The molecule has 1 aromatic heterocycles. The number of hydrogen-bond acceptors (Lipinski definition) is 7. The molecular weight excluding hydrogens is 382 g/mol. The van der Waals surface area contributed by atoms with E-state index in [1.807, 2.05) is 0 Å². The lowest BCUT2D eigenvalue weighted by atomic mass is 10.1. The lowest BCUT2D eigenvalue weighted by molar-refractivity contribution is 0.0602. The van der Waals surface area contributed by atoms with Crippen molar-refractivity contribution in [3.05, 3.63) is 46.7 Å². The second kappa shape index (κ2) is 8.24. The van der Waals surface area contributed by atoms with Gasteiger partial charge >= 0.3 is 5.97 Å². The number of amides is 1. The molecule has 2 aromatic rings. The van der Waals surface area contributed by atoms with Gasteiger partial charge in [-0.1, -0.05) is 30.7 Å². The van der Waals surface area contributed by atoms with Crippen molar-refractivity contribution in [1.82, 2.24) is 9.97 Å². The third-order valence-corrected chi connectivity index (χ3v) is 5.24. The molecule has 0 unspecified atom stereocenters. The summed E-state index contributed by atoms with van der Waals surface area (Å²) in [6.45, 7) is 1.70. The van der Waals surface area contributed by atoms with E-state index in [1.54, 1.807) is 19.1 Å². The van der Waals surface area contributed by atoms with Crippen molar-refractivity contribution in [2.45, 2.75) is 18.5 Å². The fourth-order valence-electron chi connectivity index (χ4n) is 2.08. The topological polar surface area (TPSA) is 115 Å². The molecule has 0 bridgehead atoms. The van der Waals surface area contributed by atoms with E-state index in [-0.39, 0.29) is 27.7 Å². The molecule has 0 saturated heterocycles. The first-order valence-corrected chi connectivity index (χ1v) is 9.57. The maximum Gasteiger partial charge on any atom is 0.339 e. The molecule has 26 heavy (non-hydrogen) atoms. The predicted molar refractivity (Wildman–Crippen MR) is 95.1 cm³/mol. The normalized spacial score (nSPS) is 11.0. The van der Waals surface area contributed by atoms with E-state index >= 15 is 0 Å². The van der Waals surface area contributed by atoms with E-state index in [0.29, 0.717) is 6.42 Å². The van der Waals surface area contributed by atoms with Crippen LogP contribution in [-0.4, -0.2) is 43.1 Å². The van der Waals surface area contributed by atoms with Crippen LogP contribution in [-0.2, 0) is 14.6 Å². The summed E-state index contributed by atoms with van der Waals surface area (Å²) < 4.78 is 28.9. The molecule has 1 amide bonds. The number of carbonyl (C=O) groups is 2. The summed E-state index contributed by atoms with van der Waals surface area (Å²) >= 11 is 5.94. The van der Waals surface area contributed by atoms with Crippen molar-refractivity contribution in [2.75, 3.05) is 18.2 Å². The Kier molecular flexibility index (Phi) is 6.27. The third-order valence-electron chi connectivity index (χ3n) is 3.27. The molecule has 0 aliphatic rings. The first kappa shape index (κ1) is 19.8. The van der Waals surface area contributed by atoms with E-state index in [9.17, 15) is 18.0 Å². The van der Waals surface area contributed by atoms with Gasteiger partial charge in [0.1, 0.15) is 0 Å². The molecule has 0 aliphatic heterocycles. The number of esters is 1. The van der Waals surface area contributed by atoms with Gasteiger partial charge < -0.3 is 10.1 Å². The number of ether oxygens (including phenoxy) is 1. The molecule has 0 aliphatic carbocycles. The molecule has 0 fully saturated rings. The Balaban J connectivity index is 2.38. The summed E-state index contributed by atoms with van der Waals surface area (Å²) in [6.07, 6.45) is 1.43. The molecule has 0 spiro atoms. The van der Waals surface area contributed by atoms with Gasteiger partial charge in [0.2, 0.25) is 15.0 Å². The first-order chi connectivity index (χ1) is 12.3. The van der Waals surface area contributed by atoms with Gasteiger partial charge in [-0.15, -0.1) is 0 Å². The number of methoxy groups -OCH3 is 1. The predicted octanol–water partition coefficient (Wildman–Crippen LogP) is 2.35. The minimum Gasteiger partial charge on any atom is -0.465 e. The van der Waals surface area contributed by atoms with Gasteiger partial charge in [-0.2, -0.15) is 0 Å². The average Bonchev–Trinajstić information content (AvgIpc) is 2.61. The lowest BCUT2D eigenvalue weighted by Crippen LogP contribution is -2.19. The van der Waals surface area contributed by atoms with Gasteiger partial charge in [0.05, 0.1) is 35.3 Å². The minimum atomic E-state index is -3.72. The standard InChI is InChI=1S/C16H16ClN3O5S/c1-3-8-26(23,24)16-18-9-11(17)13(20-16)14(21)19-12-7-5-4-6-10(12)15(22)25-2/h4-7,9H,3,8H2,1-2H3,(H,19,21). The Bertz CT molecular complexity index is 947. The number of anilines is 1. The summed E-state index contributed by atoms with van der Waals surface area (Å²) in [6, 6.07) is 6.18. The summed E-state index contributed by atoms with van der Waals surface area (Å²) in [5.41, 5.74) is 0.000337. The third kappa shape index (κ3) is 4.36. The number of hydrogen-bond donors (Lipinski definition) is 1. The van der Waals surface area contributed by atoms with Crippen LogP contribution < -0.4 is 5.32 Å². The van der Waals surface area contributed by atoms with Crippen LogP contribution in [0.5, 0.6) is 0 Å². The number of benzene rings is 1. The Morgan fingerprint density at radius 3 is 2.62 bits per heavy atom. The van der Waals surface area contributed by atoms with Crippen molar-refractivity contribution in [1.29, 1.82) is 0 Å². The average molecular weight is 398 g/mol. The molecule has 1 aromatic carbocycles. The van der Waals surface area contributed by atoms with Crippen LogP contribution in [0.2, 0.25) is 5.02 Å². The molecule has 10 heteroatoms. The highest BCUT2D eigenvalue weighted by atomic mass is 35.5. The fraction of sp³-hybridized carbons (Fsp3) is 0.250. The van der Waals surface area contributed by atoms with Crippen LogP contribution in [0.15, 0.2) is 35.6 Å². The Morgan fingerprint density at radius 2 is 1.96 bits per heavy atom. The van der Waals surface area contributed by atoms with Crippen LogP contribution in [0.4, 0.5) is 5.69 Å². The molecule has 1 N–H and O–H groups in total. The molecule has 8 nitrogen and oxygen atoms in total. The first-order valence-electron chi connectivity index (χ1n) is 7.54. The number of para-hydroxylation sites is 1. The van der Waals surface area contributed by atoms with Gasteiger partial charge in [0.25, 0.3) is 5.91 Å². The van der Waals surface area contributed by atoms with E-state index < -0.39 is 26.9 Å². The number of carbonyl (C=O) groups excluding carboxylic acids is 2. The van der Waals surface area contributed by atoms with E-state index in [1.165, 1.54) is 19.2 Å². The summed E-state index contributed by atoms with van der Waals surface area (Å²) in [4.78, 5) is 31.8. The zero-order valence-corrected chi connectivity index (χ0v) is 15.6. The number of rotatable bonds is 6. The van der Waals surface area contributed by atoms with Crippen LogP contribution >= 0.6 is 11.6 Å². The number of halogens is 1. The van der Waals surface area contributed by atoms with Crippen molar-refractivity contribution in [3.63, 3.8) is 0 Å². The van der Waals surface area contributed by atoms with E-state index in [0.717, 1.165) is 6.20 Å². The van der Waals surface area contributed by atoms with E-state index in [4.69, 9.17) is 11.6 Å². The van der Waals surface area contributed by atoms with Crippen molar-refractivity contribution < 1.29 is 22.7 Å². The zero-order chi connectivity index (χ0) is 19.3.